The molecule has 1 aromatic carbocycles. The van der Waals surface area contributed by atoms with Crippen LogP contribution < -0.4 is 11.1 Å². The second-order valence-electron chi connectivity index (χ2n) is 4.77. The van der Waals surface area contributed by atoms with E-state index in [2.05, 4.69) is 15.3 Å². The van der Waals surface area contributed by atoms with Crippen LogP contribution in [0.3, 0.4) is 0 Å². The van der Waals surface area contributed by atoms with E-state index in [4.69, 9.17) is 5.73 Å². The predicted octanol–water partition coefficient (Wildman–Crippen LogP) is 3.09. The molecule has 3 N–H and O–H groups in total. The molecule has 3 rings (SSSR count). The van der Waals surface area contributed by atoms with Crippen molar-refractivity contribution in [3.63, 3.8) is 0 Å². The van der Waals surface area contributed by atoms with Gasteiger partial charge in [0.05, 0.1) is 10.2 Å². The summed E-state index contributed by atoms with van der Waals surface area (Å²) in [6.45, 7) is 0.450. The van der Waals surface area contributed by atoms with Gasteiger partial charge in [-0.05, 0) is 29.8 Å². The molecule has 1 aliphatic rings. The fraction of sp³-hybridized carbons (Fsp3) is 0.125. The molecule has 0 atom stereocenters. The van der Waals surface area contributed by atoms with Crippen molar-refractivity contribution in [1.82, 2.24) is 10.3 Å². The van der Waals surface area contributed by atoms with E-state index in [9.17, 15) is 4.39 Å². The molecule has 0 bridgehead atoms. The first-order chi connectivity index (χ1) is 10.7. The lowest BCUT2D eigenvalue weighted by Crippen LogP contribution is -2.16. The molecule has 0 radical (unpaired) electrons. The quantitative estimate of drug-likeness (QED) is 0.676. The number of aliphatic imine (C=N–C) groups is 1. The second kappa shape index (κ2) is 6.11. The largest absolute Gasteiger partial charge is 0.404 e. The fourth-order valence-electron chi connectivity index (χ4n) is 2.22. The van der Waals surface area contributed by atoms with Gasteiger partial charge in [0, 0.05) is 37.2 Å². The molecular formula is C16H15FN4S. The number of hydrogen-bond donors (Lipinski definition) is 2. The van der Waals surface area contributed by atoms with Crippen molar-refractivity contribution in [2.75, 3.05) is 13.6 Å². The summed E-state index contributed by atoms with van der Waals surface area (Å²) in [5.74, 6) is -0.316. The summed E-state index contributed by atoms with van der Waals surface area (Å²) in [7, 11) is 1.71. The monoisotopic (exact) mass is 314 g/mol. The van der Waals surface area contributed by atoms with Gasteiger partial charge >= 0.3 is 0 Å². The van der Waals surface area contributed by atoms with Gasteiger partial charge in [-0.1, -0.05) is 6.07 Å². The molecule has 22 heavy (non-hydrogen) atoms. The Labute approximate surface area is 131 Å². The number of dihydropyridines is 1. The molecule has 0 saturated carbocycles. The maximum atomic E-state index is 13.0. The Morgan fingerprint density at radius 1 is 1.45 bits per heavy atom. The predicted molar refractivity (Wildman–Crippen MR) is 91.4 cm³/mol. The Hall–Kier alpha value is -2.47. The average Bonchev–Trinajstić information content (AvgIpc) is 2.96. The third-order valence-corrected chi connectivity index (χ3v) is 4.43. The van der Waals surface area contributed by atoms with Gasteiger partial charge in [-0.25, -0.2) is 4.98 Å². The SMILES string of the molecule is CN=CC(=CN)c1ccc2sc(C3=CC=C(F)NC3)nc2c1. The van der Waals surface area contributed by atoms with Gasteiger partial charge in [-0.2, -0.15) is 4.39 Å². The van der Waals surface area contributed by atoms with E-state index in [0.29, 0.717) is 6.54 Å². The number of nitrogens with one attached hydrogen (secondary N) is 1. The number of fused-ring (bicyclic) bond motifs is 1. The maximum Gasteiger partial charge on any atom is 0.187 e. The van der Waals surface area contributed by atoms with E-state index >= 15 is 0 Å². The van der Waals surface area contributed by atoms with Gasteiger partial charge < -0.3 is 11.1 Å². The molecule has 0 fully saturated rings. The standard InChI is InChI=1S/C16H15FN4S/c1-19-8-12(7-18)10-2-4-14-13(6-10)21-16(22-14)11-3-5-15(17)20-9-11/h2-8,20H,9,18H2,1H3. The zero-order chi connectivity index (χ0) is 15.5. The van der Waals surface area contributed by atoms with E-state index < -0.39 is 0 Å². The van der Waals surface area contributed by atoms with Gasteiger partial charge in [0.25, 0.3) is 0 Å². The summed E-state index contributed by atoms with van der Waals surface area (Å²) in [4.78, 5) is 8.64. The summed E-state index contributed by atoms with van der Waals surface area (Å²) in [6.07, 6.45) is 6.43. The van der Waals surface area contributed by atoms with E-state index in [0.717, 1.165) is 31.9 Å². The maximum absolute atomic E-state index is 13.0. The Balaban J connectivity index is 2.01. The lowest BCUT2D eigenvalue weighted by molar-refractivity contribution is 0.559. The molecule has 0 amide bonds. The van der Waals surface area contributed by atoms with Crippen molar-refractivity contribution in [2.24, 2.45) is 10.7 Å². The van der Waals surface area contributed by atoms with Crippen molar-refractivity contribution in [3.05, 3.63) is 53.1 Å². The lowest BCUT2D eigenvalue weighted by Gasteiger charge is -2.09. The topological polar surface area (TPSA) is 63.3 Å². The highest BCUT2D eigenvalue weighted by atomic mass is 32.1. The zero-order valence-corrected chi connectivity index (χ0v) is 12.8. The molecule has 2 aromatic rings. The van der Waals surface area contributed by atoms with Crippen LogP contribution >= 0.6 is 11.3 Å². The van der Waals surface area contributed by atoms with E-state index in [1.807, 2.05) is 18.2 Å². The van der Waals surface area contributed by atoms with Gasteiger partial charge in [0.15, 0.2) is 5.95 Å². The van der Waals surface area contributed by atoms with Crippen LogP contribution in [0, 0.1) is 0 Å². The molecule has 6 heteroatoms. The number of thiazole rings is 1. The van der Waals surface area contributed by atoms with Crippen molar-refractivity contribution in [2.45, 2.75) is 0 Å². The van der Waals surface area contributed by atoms with Crippen LogP contribution in [0.4, 0.5) is 4.39 Å². The van der Waals surface area contributed by atoms with Crippen LogP contribution in [0.25, 0.3) is 21.4 Å². The highest BCUT2D eigenvalue weighted by molar-refractivity contribution is 7.19. The van der Waals surface area contributed by atoms with Gasteiger partial charge in [0.2, 0.25) is 0 Å². The number of halogens is 1. The van der Waals surface area contributed by atoms with Crippen LogP contribution in [-0.2, 0) is 0 Å². The number of aromatic nitrogens is 1. The van der Waals surface area contributed by atoms with Crippen molar-refractivity contribution in [3.8, 4) is 0 Å². The Morgan fingerprint density at radius 2 is 2.32 bits per heavy atom. The molecule has 1 aliphatic heterocycles. The number of allylic oxidation sites excluding steroid dienone is 3. The molecule has 4 nitrogen and oxygen atoms in total. The summed E-state index contributed by atoms with van der Waals surface area (Å²) in [5, 5.41) is 3.57. The normalized spacial score (nSPS) is 15.8. The van der Waals surface area contributed by atoms with Crippen molar-refractivity contribution < 1.29 is 4.39 Å². The first-order valence-corrected chi connectivity index (χ1v) is 7.58. The lowest BCUT2D eigenvalue weighted by atomic mass is 10.1. The van der Waals surface area contributed by atoms with Crippen LogP contribution in [0.5, 0.6) is 0 Å². The smallest absolute Gasteiger partial charge is 0.187 e. The zero-order valence-electron chi connectivity index (χ0n) is 12.0. The molecule has 0 saturated heterocycles. The molecular weight excluding hydrogens is 299 g/mol. The highest BCUT2D eigenvalue weighted by Crippen LogP contribution is 2.30. The van der Waals surface area contributed by atoms with Crippen molar-refractivity contribution in [1.29, 1.82) is 0 Å². The van der Waals surface area contributed by atoms with Crippen molar-refractivity contribution >= 4 is 38.9 Å². The Kier molecular flexibility index (Phi) is 4.02. The molecule has 0 spiro atoms. The fourth-order valence-corrected chi connectivity index (χ4v) is 3.18. The highest BCUT2D eigenvalue weighted by Gasteiger charge is 2.12. The first kappa shape index (κ1) is 14.5. The summed E-state index contributed by atoms with van der Waals surface area (Å²) in [5.41, 5.74) is 9.34. The molecule has 0 aliphatic carbocycles. The second-order valence-corrected chi connectivity index (χ2v) is 5.80. The van der Waals surface area contributed by atoms with Crippen LogP contribution in [0.15, 0.2) is 47.5 Å². The third-order valence-electron chi connectivity index (χ3n) is 3.32. The Bertz CT molecular complexity index is 830. The number of hydrogen-bond acceptors (Lipinski definition) is 5. The molecule has 0 unspecified atom stereocenters. The van der Waals surface area contributed by atoms with E-state index in [1.54, 1.807) is 30.7 Å². The molecule has 112 valence electrons. The van der Waals surface area contributed by atoms with Gasteiger partial charge in [0.1, 0.15) is 5.01 Å². The van der Waals surface area contributed by atoms with Crippen LogP contribution in [-0.4, -0.2) is 24.8 Å². The number of nitrogens with two attached hydrogens (primary N) is 1. The third kappa shape index (κ3) is 2.78. The Morgan fingerprint density at radius 3 is 3.00 bits per heavy atom. The minimum Gasteiger partial charge on any atom is -0.404 e. The van der Waals surface area contributed by atoms with Gasteiger partial charge in [-0.3, -0.25) is 4.99 Å². The van der Waals surface area contributed by atoms with Gasteiger partial charge in [-0.15, -0.1) is 11.3 Å². The summed E-state index contributed by atoms with van der Waals surface area (Å²) in [6, 6.07) is 6.01. The van der Waals surface area contributed by atoms with Crippen LogP contribution in [0.1, 0.15) is 10.6 Å². The molecule has 2 heterocycles. The number of benzene rings is 1. The molecule has 1 aromatic heterocycles. The van der Waals surface area contributed by atoms with E-state index in [1.165, 1.54) is 12.3 Å². The minimum atomic E-state index is -0.316. The van der Waals surface area contributed by atoms with Crippen LogP contribution in [0.2, 0.25) is 0 Å². The first-order valence-electron chi connectivity index (χ1n) is 6.77. The average molecular weight is 314 g/mol. The minimum absolute atomic E-state index is 0.316. The van der Waals surface area contributed by atoms with E-state index in [-0.39, 0.29) is 5.95 Å². The summed E-state index contributed by atoms with van der Waals surface area (Å²) < 4.78 is 14.1. The summed E-state index contributed by atoms with van der Waals surface area (Å²) >= 11 is 1.59. The number of rotatable bonds is 3. The number of nitrogens with zero attached hydrogens (tertiary/aromatic N) is 2.